The Balaban J connectivity index is 2.08. The van der Waals surface area contributed by atoms with Crippen LogP contribution < -0.4 is 4.74 Å². The average Bonchev–Trinajstić information content (AvgIpc) is 2.87. The first-order valence-electron chi connectivity index (χ1n) is 6.72. The number of nitrogens with zero attached hydrogens (tertiary/aromatic N) is 3. The normalized spacial score (nSPS) is 11.0. The van der Waals surface area contributed by atoms with E-state index in [0.717, 1.165) is 28.0 Å². The van der Waals surface area contributed by atoms with Crippen LogP contribution in [0.25, 0.3) is 11.0 Å². The number of fused-ring (bicyclic) bond motifs is 1. The minimum atomic E-state index is 0.385. The Morgan fingerprint density at radius 1 is 1.29 bits per heavy atom. The third-order valence-electron chi connectivity index (χ3n) is 3.53. The van der Waals surface area contributed by atoms with Gasteiger partial charge in [0.15, 0.2) is 0 Å². The first-order chi connectivity index (χ1) is 10.2. The molecule has 0 unspecified atom stereocenters. The van der Waals surface area contributed by atoms with Crippen LogP contribution in [0.3, 0.4) is 0 Å². The fraction of sp³-hybridized carbons (Fsp3) is 0.250. The molecule has 0 aliphatic heterocycles. The second-order valence-corrected chi connectivity index (χ2v) is 5.16. The van der Waals surface area contributed by atoms with E-state index >= 15 is 0 Å². The van der Waals surface area contributed by atoms with Crippen molar-refractivity contribution in [3.63, 3.8) is 0 Å². The van der Waals surface area contributed by atoms with E-state index in [1.807, 2.05) is 18.2 Å². The molecule has 0 N–H and O–H groups in total. The zero-order chi connectivity index (χ0) is 14.8. The Hall–Kier alpha value is -2.07. The Morgan fingerprint density at radius 3 is 2.90 bits per heavy atom. The Kier molecular flexibility index (Phi) is 3.80. The molecule has 2 aromatic heterocycles. The summed E-state index contributed by atoms with van der Waals surface area (Å²) >= 11 is 6.06. The third-order valence-corrected chi connectivity index (χ3v) is 3.77. The molecule has 0 bridgehead atoms. The number of aryl methyl sites for hydroxylation is 1. The van der Waals surface area contributed by atoms with Crippen LogP contribution in [0.15, 0.2) is 36.5 Å². The van der Waals surface area contributed by atoms with Gasteiger partial charge in [-0.1, -0.05) is 12.1 Å². The van der Waals surface area contributed by atoms with Gasteiger partial charge in [-0.2, -0.15) is 0 Å². The number of imidazole rings is 1. The number of hydrogen-bond donors (Lipinski definition) is 0. The van der Waals surface area contributed by atoms with Gasteiger partial charge in [-0.25, -0.2) is 9.97 Å². The molecule has 0 aliphatic rings. The molecule has 3 aromatic rings. The molecule has 3 rings (SSSR count). The lowest BCUT2D eigenvalue weighted by Gasteiger charge is -2.09. The van der Waals surface area contributed by atoms with Crippen molar-refractivity contribution in [2.75, 3.05) is 7.11 Å². The minimum Gasteiger partial charge on any atom is -0.481 e. The number of hydrogen-bond acceptors (Lipinski definition) is 3. The van der Waals surface area contributed by atoms with Crippen LogP contribution in [0.5, 0.6) is 5.88 Å². The van der Waals surface area contributed by atoms with Gasteiger partial charge < -0.3 is 9.30 Å². The predicted octanol–water partition coefficient (Wildman–Crippen LogP) is 3.54. The van der Waals surface area contributed by atoms with Crippen LogP contribution in [0.1, 0.15) is 17.0 Å². The Labute approximate surface area is 128 Å². The fourth-order valence-electron chi connectivity index (χ4n) is 2.46. The zero-order valence-corrected chi connectivity index (χ0v) is 12.8. The minimum absolute atomic E-state index is 0.385. The van der Waals surface area contributed by atoms with Crippen LogP contribution >= 0.6 is 11.6 Å². The van der Waals surface area contributed by atoms with Gasteiger partial charge in [-0.15, -0.1) is 11.6 Å². The lowest BCUT2D eigenvalue weighted by molar-refractivity contribution is 0.397. The second-order valence-electron chi connectivity index (χ2n) is 4.90. The van der Waals surface area contributed by atoms with Crippen molar-refractivity contribution in [2.24, 2.45) is 0 Å². The van der Waals surface area contributed by atoms with E-state index in [4.69, 9.17) is 16.3 Å². The molecule has 0 radical (unpaired) electrons. The number of benzene rings is 1. The average molecular weight is 302 g/mol. The Morgan fingerprint density at radius 2 is 2.14 bits per heavy atom. The molecule has 1 aromatic carbocycles. The summed E-state index contributed by atoms with van der Waals surface area (Å²) in [7, 11) is 1.62. The summed E-state index contributed by atoms with van der Waals surface area (Å²) in [4.78, 5) is 8.79. The van der Waals surface area contributed by atoms with Crippen molar-refractivity contribution in [1.29, 1.82) is 0 Å². The smallest absolute Gasteiger partial charge is 0.213 e. The van der Waals surface area contributed by atoms with Gasteiger partial charge in [0.05, 0.1) is 24.0 Å². The summed E-state index contributed by atoms with van der Waals surface area (Å²) in [5, 5.41) is 0. The van der Waals surface area contributed by atoms with Crippen LogP contribution in [0.4, 0.5) is 0 Å². The molecule has 4 nitrogen and oxygen atoms in total. The van der Waals surface area contributed by atoms with Gasteiger partial charge in [-0.05, 0) is 30.2 Å². The third kappa shape index (κ3) is 2.59. The van der Waals surface area contributed by atoms with Gasteiger partial charge in [0, 0.05) is 18.8 Å². The summed E-state index contributed by atoms with van der Waals surface area (Å²) in [6.07, 6.45) is 1.75. The summed E-state index contributed by atoms with van der Waals surface area (Å²) < 4.78 is 7.32. The van der Waals surface area contributed by atoms with Crippen molar-refractivity contribution in [1.82, 2.24) is 14.5 Å². The second kappa shape index (κ2) is 5.74. The summed E-state index contributed by atoms with van der Waals surface area (Å²) in [5.74, 6) is 1.87. The fourth-order valence-corrected chi connectivity index (χ4v) is 2.66. The van der Waals surface area contributed by atoms with Crippen molar-refractivity contribution < 1.29 is 4.74 Å². The van der Waals surface area contributed by atoms with Gasteiger partial charge in [0.1, 0.15) is 5.82 Å². The first kappa shape index (κ1) is 13.9. The maximum Gasteiger partial charge on any atom is 0.213 e. The summed E-state index contributed by atoms with van der Waals surface area (Å²) in [5.41, 5.74) is 4.37. The molecule has 0 amide bonds. The topological polar surface area (TPSA) is 39.9 Å². The zero-order valence-electron chi connectivity index (χ0n) is 12.0. The summed E-state index contributed by atoms with van der Waals surface area (Å²) in [6.45, 7) is 2.76. The molecule has 5 heteroatoms. The maximum absolute atomic E-state index is 6.06. The Bertz CT molecular complexity index is 782. The lowest BCUT2D eigenvalue weighted by atomic mass is 10.2. The molecule has 108 valence electrons. The van der Waals surface area contributed by atoms with Crippen LogP contribution in [-0.2, 0) is 12.4 Å². The van der Waals surface area contributed by atoms with E-state index < -0.39 is 0 Å². The van der Waals surface area contributed by atoms with Crippen LogP contribution in [0, 0.1) is 6.92 Å². The van der Waals surface area contributed by atoms with E-state index in [2.05, 4.69) is 33.6 Å². The lowest BCUT2D eigenvalue weighted by Crippen LogP contribution is -2.04. The number of alkyl halides is 1. The molecule has 0 aliphatic carbocycles. The molecule has 0 atom stereocenters. The highest BCUT2D eigenvalue weighted by molar-refractivity contribution is 6.16. The number of halogens is 1. The van der Waals surface area contributed by atoms with Gasteiger partial charge in [-0.3, -0.25) is 0 Å². The monoisotopic (exact) mass is 301 g/mol. The van der Waals surface area contributed by atoms with E-state index in [1.54, 1.807) is 13.3 Å². The van der Waals surface area contributed by atoms with Crippen LogP contribution in [0.2, 0.25) is 0 Å². The highest BCUT2D eigenvalue weighted by Gasteiger charge is 2.12. The molecule has 0 saturated carbocycles. The van der Waals surface area contributed by atoms with Crippen LogP contribution in [-0.4, -0.2) is 21.6 Å². The maximum atomic E-state index is 6.06. The number of para-hydroxylation sites is 1. The number of rotatable bonds is 4. The number of ether oxygens (including phenoxy) is 1. The van der Waals surface area contributed by atoms with E-state index in [1.165, 1.54) is 0 Å². The number of pyridine rings is 1. The van der Waals surface area contributed by atoms with E-state index in [9.17, 15) is 0 Å². The van der Waals surface area contributed by atoms with Gasteiger partial charge in [0.2, 0.25) is 5.88 Å². The quantitative estimate of drug-likeness (QED) is 0.692. The molecular formula is C16H16ClN3O. The molecule has 0 saturated heterocycles. The molecule has 2 heterocycles. The number of aromatic nitrogens is 3. The first-order valence-corrected chi connectivity index (χ1v) is 7.26. The highest BCUT2D eigenvalue weighted by atomic mass is 35.5. The van der Waals surface area contributed by atoms with Gasteiger partial charge in [0.25, 0.3) is 0 Å². The standard InChI is InChI=1S/C16H16ClN3O/c1-11-4-3-5-13-16(11)19-14(9-17)20(13)10-12-6-7-18-15(8-12)21-2/h3-8H,9-10H2,1-2H3. The SMILES string of the molecule is COc1cc(Cn2c(CCl)nc3c(C)cccc32)ccn1. The predicted molar refractivity (Wildman–Crippen MR) is 83.9 cm³/mol. The number of methoxy groups -OCH3 is 1. The van der Waals surface area contributed by atoms with Gasteiger partial charge >= 0.3 is 0 Å². The van der Waals surface area contributed by atoms with Crippen molar-refractivity contribution in [3.05, 3.63) is 53.5 Å². The van der Waals surface area contributed by atoms with Crippen molar-refractivity contribution >= 4 is 22.6 Å². The molecule has 0 fully saturated rings. The van der Waals surface area contributed by atoms with E-state index in [0.29, 0.717) is 18.3 Å². The van der Waals surface area contributed by atoms with Crippen molar-refractivity contribution in [3.8, 4) is 5.88 Å². The largest absolute Gasteiger partial charge is 0.481 e. The van der Waals surface area contributed by atoms with E-state index in [-0.39, 0.29) is 0 Å². The van der Waals surface area contributed by atoms with Crippen molar-refractivity contribution in [2.45, 2.75) is 19.3 Å². The molecule has 21 heavy (non-hydrogen) atoms. The highest BCUT2D eigenvalue weighted by Crippen LogP contribution is 2.22. The summed E-state index contributed by atoms with van der Waals surface area (Å²) in [6, 6.07) is 10.1. The molecular weight excluding hydrogens is 286 g/mol. The molecule has 0 spiro atoms.